The minimum absolute atomic E-state index is 0.106. The average molecular weight is 407 g/mol. The molecule has 1 unspecified atom stereocenters. The number of Topliss-reactive ketones (excluding diaryl/α,β-unsaturated/α-hetero) is 2. The number of aliphatic hydroxyl groups is 1. The van der Waals surface area contributed by atoms with Gasteiger partial charge in [-0.05, 0) is 29.8 Å². The number of ketones is 2. The van der Waals surface area contributed by atoms with Crippen LogP contribution in [0.4, 0.5) is 0 Å². The average Bonchev–Trinajstić information content (AvgIpc) is 2.73. The molecule has 0 saturated carbocycles. The molecule has 0 aromatic heterocycles. The second-order valence-corrected chi connectivity index (χ2v) is 7.94. The number of aliphatic hydroxyl groups excluding tert-OH is 1. The van der Waals surface area contributed by atoms with Crippen LogP contribution in [0.2, 0.25) is 5.02 Å². The van der Waals surface area contributed by atoms with Gasteiger partial charge in [0.05, 0.1) is 10.8 Å². The van der Waals surface area contributed by atoms with Gasteiger partial charge in [0.1, 0.15) is 5.76 Å². The van der Waals surface area contributed by atoms with Gasteiger partial charge in [0, 0.05) is 21.0 Å². The lowest BCUT2D eigenvalue weighted by Gasteiger charge is -2.24. The fourth-order valence-electron chi connectivity index (χ4n) is 3.20. The summed E-state index contributed by atoms with van der Waals surface area (Å²) < 4.78 is 0. The van der Waals surface area contributed by atoms with Crippen molar-refractivity contribution in [2.24, 2.45) is 0 Å². The molecule has 0 fully saturated rings. The molecule has 4 rings (SSSR count). The van der Waals surface area contributed by atoms with Gasteiger partial charge in [-0.2, -0.15) is 0 Å². The first-order valence-electron chi connectivity index (χ1n) is 8.65. The summed E-state index contributed by atoms with van der Waals surface area (Å²) in [4.78, 5) is 26.5. The van der Waals surface area contributed by atoms with Gasteiger partial charge in [-0.15, -0.1) is 11.8 Å². The number of thioether (sulfide) groups is 1. The minimum Gasteiger partial charge on any atom is -0.507 e. The van der Waals surface area contributed by atoms with Crippen LogP contribution in [-0.2, 0) is 4.79 Å². The Morgan fingerprint density at radius 2 is 1.36 bits per heavy atom. The molecule has 3 nitrogen and oxygen atoms in total. The molecule has 0 amide bonds. The van der Waals surface area contributed by atoms with Gasteiger partial charge < -0.3 is 5.11 Å². The zero-order chi connectivity index (χ0) is 19.7. The fourth-order valence-corrected chi connectivity index (χ4v) is 4.52. The first kappa shape index (κ1) is 18.5. The Balaban J connectivity index is 1.87. The molecule has 0 bridgehead atoms. The molecule has 1 aliphatic carbocycles. The number of carbonyl (C=O) groups is 2. The van der Waals surface area contributed by atoms with Crippen molar-refractivity contribution in [3.8, 4) is 0 Å². The van der Waals surface area contributed by atoms with Gasteiger partial charge in [0.25, 0.3) is 0 Å². The van der Waals surface area contributed by atoms with Crippen molar-refractivity contribution in [3.63, 3.8) is 0 Å². The Morgan fingerprint density at radius 1 is 0.750 bits per heavy atom. The SMILES string of the molecule is O=C1C(=O)c2ccccc2C(O)=C1C(Sc1ccc(Cl)cc1)c1ccccc1. The monoisotopic (exact) mass is 406 g/mol. The van der Waals surface area contributed by atoms with Crippen LogP contribution in [0.3, 0.4) is 0 Å². The van der Waals surface area contributed by atoms with Gasteiger partial charge in [0.2, 0.25) is 11.6 Å². The molecule has 3 aromatic rings. The second kappa shape index (κ2) is 7.66. The van der Waals surface area contributed by atoms with E-state index in [-0.39, 0.29) is 16.9 Å². The third kappa shape index (κ3) is 3.37. The van der Waals surface area contributed by atoms with E-state index in [4.69, 9.17) is 11.6 Å². The van der Waals surface area contributed by atoms with E-state index in [0.717, 1.165) is 10.5 Å². The molecule has 28 heavy (non-hydrogen) atoms. The summed E-state index contributed by atoms with van der Waals surface area (Å²) in [6.07, 6.45) is 0. The fraction of sp³-hybridized carbons (Fsp3) is 0.0435. The highest BCUT2D eigenvalue weighted by molar-refractivity contribution is 7.99. The molecule has 138 valence electrons. The predicted molar refractivity (Wildman–Crippen MR) is 112 cm³/mol. The molecular weight excluding hydrogens is 392 g/mol. The molecular formula is C23H15ClO3S. The third-order valence-corrected chi connectivity index (χ3v) is 6.10. The summed E-state index contributed by atoms with van der Waals surface area (Å²) in [5.41, 5.74) is 1.55. The lowest BCUT2D eigenvalue weighted by molar-refractivity contribution is -0.112. The number of hydrogen-bond acceptors (Lipinski definition) is 4. The molecule has 0 spiro atoms. The van der Waals surface area contributed by atoms with E-state index in [1.165, 1.54) is 11.8 Å². The molecule has 0 radical (unpaired) electrons. The number of halogens is 1. The minimum atomic E-state index is -0.675. The van der Waals surface area contributed by atoms with Crippen LogP contribution in [-0.4, -0.2) is 16.7 Å². The van der Waals surface area contributed by atoms with E-state index in [0.29, 0.717) is 10.6 Å². The summed E-state index contributed by atoms with van der Waals surface area (Å²) >= 11 is 7.37. The van der Waals surface area contributed by atoms with Gasteiger partial charge in [0.15, 0.2) is 0 Å². The number of benzene rings is 3. The van der Waals surface area contributed by atoms with E-state index < -0.39 is 16.8 Å². The maximum absolute atomic E-state index is 13.0. The van der Waals surface area contributed by atoms with E-state index in [1.54, 1.807) is 36.4 Å². The van der Waals surface area contributed by atoms with Crippen LogP contribution in [0.25, 0.3) is 5.76 Å². The number of carbonyl (C=O) groups excluding carboxylic acids is 2. The first-order chi connectivity index (χ1) is 13.6. The van der Waals surface area contributed by atoms with E-state index >= 15 is 0 Å². The van der Waals surface area contributed by atoms with Crippen molar-refractivity contribution in [3.05, 3.63) is 106 Å². The normalized spacial score (nSPS) is 14.8. The van der Waals surface area contributed by atoms with E-state index in [1.807, 2.05) is 42.5 Å². The summed E-state index contributed by atoms with van der Waals surface area (Å²) in [6, 6.07) is 23.2. The predicted octanol–water partition coefficient (Wildman–Crippen LogP) is 5.91. The zero-order valence-corrected chi connectivity index (χ0v) is 16.2. The Kier molecular flexibility index (Phi) is 5.07. The van der Waals surface area contributed by atoms with Crippen molar-refractivity contribution in [2.45, 2.75) is 10.1 Å². The van der Waals surface area contributed by atoms with Crippen LogP contribution >= 0.6 is 23.4 Å². The van der Waals surface area contributed by atoms with Gasteiger partial charge >= 0.3 is 0 Å². The zero-order valence-electron chi connectivity index (χ0n) is 14.6. The number of fused-ring (bicyclic) bond motifs is 1. The van der Waals surface area contributed by atoms with Gasteiger partial charge in [-0.1, -0.05) is 66.2 Å². The van der Waals surface area contributed by atoms with Crippen molar-refractivity contribution < 1.29 is 14.7 Å². The summed E-state index contributed by atoms with van der Waals surface area (Å²) in [5.74, 6) is -1.41. The molecule has 3 aromatic carbocycles. The van der Waals surface area contributed by atoms with Crippen LogP contribution in [0, 0.1) is 0 Å². The maximum atomic E-state index is 13.0. The number of rotatable bonds is 4. The van der Waals surface area contributed by atoms with Crippen LogP contribution in [0.5, 0.6) is 0 Å². The topological polar surface area (TPSA) is 54.4 Å². The van der Waals surface area contributed by atoms with Crippen molar-refractivity contribution in [1.82, 2.24) is 0 Å². The Labute approximate surface area is 171 Å². The summed E-state index contributed by atoms with van der Waals surface area (Å²) in [5, 5.41) is 11.0. The highest BCUT2D eigenvalue weighted by Gasteiger charge is 2.37. The molecule has 0 heterocycles. The van der Waals surface area contributed by atoms with Crippen LogP contribution in [0.15, 0.2) is 89.3 Å². The Hall–Kier alpha value is -2.82. The van der Waals surface area contributed by atoms with Crippen molar-refractivity contribution in [1.29, 1.82) is 0 Å². The highest BCUT2D eigenvalue weighted by atomic mass is 35.5. The maximum Gasteiger partial charge on any atom is 0.234 e. The highest BCUT2D eigenvalue weighted by Crippen LogP contribution is 2.45. The lowest BCUT2D eigenvalue weighted by atomic mass is 9.85. The molecule has 1 N–H and O–H groups in total. The second-order valence-electron chi connectivity index (χ2n) is 6.33. The Morgan fingerprint density at radius 3 is 2.04 bits per heavy atom. The van der Waals surface area contributed by atoms with E-state index in [2.05, 4.69) is 0 Å². The summed E-state index contributed by atoms with van der Waals surface area (Å²) in [7, 11) is 0. The first-order valence-corrected chi connectivity index (χ1v) is 9.91. The standard InChI is InChI=1S/C23H15ClO3S/c24-15-10-12-16(13-11-15)28-23(14-6-2-1-3-7-14)19-20(25)17-8-4-5-9-18(17)21(26)22(19)27/h1-13,23,25H. The van der Waals surface area contributed by atoms with Crippen molar-refractivity contribution >= 4 is 40.7 Å². The summed E-state index contributed by atoms with van der Waals surface area (Å²) in [6.45, 7) is 0. The van der Waals surface area contributed by atoms with Gasteiger partial charge in [-0.3, -0.25) is 9.59 Å². The largest absolute Gasteiger partial charge is 0.507 e. The van der Waals surface area contributed by atoms with Gasteiger partial charge in [-0.25, -0.2) is 0 Å². The van der Waals surface area contributed by atoms with E-state index in [9.17, 15) is 14.7 Å². The molecule has 5 heteroatoms. The smallest absolute Gasteiger partial charge is 0.234 e. The third-order valence-electron chi connectivity index (χ3n) is 4.56. The van der Waals surface area contributed by atoms with Crippen LogP contribution < -0.4 is 0 Å². The van der Waals surface area contributed by atoms with Crippen LogP contribution in [0.1, 0.15) is 26.7 Å². The quantitative estimate of drug-likeness (QED) is 0.432. The molecule has 1 aliphatic rings. The number of hydrogen-bond donors (Lipinski definition) is 1. The molecule has 1 atom stereocenters. The lowest BCUT2D eigenvalue weighted by Crippen LogP contribution is -2.26. The van der Waals surface area contributed by atoms with Crippen molar-refractivity contribution in [2.75, 3.05) is 0 Å². The Bertz CT molecular complexity index is 1090. The molecule has 0 saturated heterocycles. The molecule has 0 aliphatic heterocycles.